The fraction of sp³-hybridized carbons (Fsp3) is 0.250. The number of nitrogens with one attached hydrogen (secondary N) is 1. The molecule has 3 heterocycles. The summed E-state index contributed by atoms with van der Waals surface area (Å²) in [6.45, 7) is 0. The van der Waals surface area contributed by atoms with Gasteiger partial charge in [0.2, 0.25) is 0 Å². The largest absolute Gasteiger partial charge is 0.352 e. The Bertz CT molecular complexity index is 1140. The topological polar surface area (TPSA) is 92.3 Å². The van der Waals surface area contributed by atoms with Crippen LogP contribution in [0.1, 0.15) is 16.8 Å². The predicted molar refractivity (Wildman–Crippen MR) is 108 cm³/mol. The number of hydrogen-bond acceptors (Lipinski definition) is 6. The monoisotopic (exact) mass is 396 g/mol. The van der Waals surface area contributed by atoms with Crippen LogP contribution < -0.4 is 5.32 Å². The van der Waals surface area contributed by atoms with E-state index in [0.29, 0.717) is 17.7 Å². The van der Waals surface area contributed by atoms with Gasteiger partial charge in [-0.15, -0.1) is 0 Å². The van der Waals surface area contributed by atoms with Crippen molar-refractivity contribution in [3.05, 3.63) is 60.6 Å². The lowest BCUT2D eigenvalue weighted by Gasteiger charge is -2.23. The summed E-state index contributed by atoms with van der Waals surface area (Å²) in [7, 11) is -1.41. The molecule has 0 bridgehead atoms. The maximum atomic E-state index is 12.8. The average Bonchev–Trinajstić information content (AvgIpc) is 3.07. The maximum Gasteiger partial charge on any atom is 0.255 e. The summed E-state index contributed by atoms with van der Waals surface area (Å²) < 4.78 is 23.4. The second kappa shape index (κ2) is 7.20. The zero-order valence-electron chi connectivity index (χ0n) is 15.4. The smallest absolute Gasteiger partial charge is 0.255 e. The molecule has 0 spiro atoms. The summed E-state index contributed by atoms with van der Waals surface area (Å²) >= 11 is 0. The molecule has 1 N–H and O–H groups in total. The molecular formula is C20H20N4O3S. The fourth-order valence-electron chi connectivity index (χ4n) is 3.44. The van der Waals surface area contributed by atoms with E-state index in [0.717, 1.165) is 16.6 Å². The van der Waals surface area contributed by atoms with Crippen LogP contribution in [0.2, 0.25) is 0 Å². The first-order valence-electron chi connectivity index (χ1n) is 8.96. The van der Waals surface area contributed by atoms with Gasteiger partial charge in [0.15, 0.2) is 9.84 Å². The van der Waals surface area contributed by atoms with Crippen LogP contribution in [0.3, 0.4) is 0 Å². The minimum Gasteiger partial charge on any atom is -0.352 e. The third kappa shape index (κ3) is 3.68. The van der Waals surface area contributed by atoms with Gasteiger partial charge < -0.3 is 10.2 Å². The molecule has 1 saturated heterocycles. The van der Waals surface area contributed by atoms with Crippen LogP contribution in [0, 0.1) is 0 Å². The van der Waals surface area contributed by atoms with Crippen molar-refractivity contribution in [2.24, 2.45) is 0 Å². The van der Waals surface area contributed by atoms with E-state index < -0.39 is 9.84 Å². The molecule has 2 aromatic heterocycles. The van der Waals surface area contributed by atoms with E-state index in [1.165, 1.54) is 11.1 Å². The summed E-state index contributed by atoms with van der Waals surface area (Å²) in [5.74, 6) is -0.0971. The first-order chi connectivity index (χ1) is 13.4. The summed E-state index contributed by atoms with van der Waals surface area (Å²) in [6.07, 6.45) is 5.33. The van der Waals surface area contributed by atoms with Gasteiger partial charge in [0.05, 0.1) is 40.2 Å². The fourth-order valence-corrected chi connectivity index (χ4v) is 5.21. The van der Waals surface area contributed by atoms with E-state index in [2.05, 4.69) is 15.3 Å². The van der Waals surface area contributed by atoms with Crippen molar-refractivity contribution in [2.75, 3.05) is 23.9 Å². The summed E-state index contributed by atoms with van der Waals surface area (Å²) in [5.41, 5.74) is 2.72. The van der Waals surface area contributed by atoms with Crippen LogP contribution in [0.15, 0.2) is 55.0 Å². The van der Waals surface area contributed by atoms with Gasteiger partial charge in [-0.2, -0.15) is 0 Å². The molecule has 1 amide bonds. The third-order valence-electron chi connectivity index (χ3n) is 4.97. The second-order valence-electron chi connectivity index (χ2n) is 6.94. The highest BCUT2D eigenvalue weighted by Gasteiger charge is 2.33. The lowest BCUT2D eigenvalue weighted by molar-refractivity contribution is 0.0747. The van der Waals surface area contributed by atoms with E-state index in [1.807, 2.05) is 30.3 Å². The van der Waals surface area contributed by atoms with Crippen LogP contribution in [-0.4, -0.2) is 53.8 Å². The molecule has 1 atom stereocenters. The summed E-state index contributed by atoms with van der Waals surface area (Å²) in [4.78, 5) is 22.9. The number of carbonyl (C=O) groups excluding carboxylic acids is 1. The quantitative estimate of drug-likeness (QED) is 0.729. The Labute approximate surface area is 163 Å². The maximum absolute atomic E-state index is 12.8. The molecule has 1 aliphatic rings. The van der Waals surface area contributed by atoms with E-state index in [1.54, 1.807) is 25.5 Å². The van der Waals surface area contributed by atoms with E-state index in [9.17, 15) is 13.2 Å². The highest BCUT2D eigenvalue weighted by Crippen LogP contribution is 2.25. The SMILES string of the molecule is CN(C(=O)c1cncc(Nc2cccc3cccnc23)c1)C1CCS(=O)(=O)C1. The van der Waals surface area contributed by atoms with Crippen LogP contribution in [0.5, 0.6) is 0 Å². The van der Waals surface area contributed by atoms with Gasteiger partial charge in [-0.3, -0.25) is 14.8 Å². The standard InChI is InChI=1S/C20H20N4O3S/c1-24(17-7-9-28(26,27)13-17)20(25)15-10-16(12-21-11-15)23-18-6-2-4-14-5-3-8-22-19(14)18/h2-6,8,10-12,17,23H,7,9,13H2,1H3. The van der Waals surface area contributed by atoms with Gasteiger partial charge in [-0.05, 0) is 24.6 Å². The average molecular weight is 396 g/mol. The number of para-hydroxylation sites is 1. The Balaban J connectivity index is 1.57. The molecular weight excluding hydrogens is 376 g/mol. The van der Waals surface area contributed by atoms with Gasteiger partial charge in [-0.1, -0.05) is 18.2 Å². The molecule has 0 aliphatic carbocycles. The number of amides is 1. The Kier molecular flexibility index (Phi) is 4.72. The van der Waals surface area contributed by atoms with Crippen LogP contribution >= 0.6 is 0 Å². The molecule has 1 aromatic carbocycles. The van der Waals surface area contributed by atoms with Crippen molar-refractivity contribution in [3.63, 3.8) is 0 Å². The van der Waals surface area contributed by atoms with E-state index in [4.69, 9.17) is 0 Å². The van der Waals surface area contributed by atoms with Gasteiger partial charge in [-0.25, -0.2) is 8.42 Å². The van der Waals surface area contributed by atoms with E-state index >= 15 is 0 Å². The van der Waals surface area contributed by atoms with Crippen molar-refractivity contribution in [1.29, 1.82) is 0 Å². The number of pyridine rings is 2. The number of sulfone groups is 1. The molecule has 144 valence electrons. The molecule has 4 rings (SSSR count). The highest BCUT2D eigenvalue weighted by molar-refractivity contribution is 7.91. The lowest BCUT2D eigenvalue weighted by Crippen LogP contribution is -2.37. The molecule has 8 heteroatoms. The molecule has 7 nitrogen and oxygen atoms in total. The number of carbonyl (C=O) groups is 1. The van der Waals surface area contributed by atoms with Crippen LogP contribution in [0.4, 0.5) is 11.4 Å². The Morgan fingerprint density at radius 1 is 1.21 bits per heavy atom. The third-order valence-corrected chi connectivity index (χ3v) is 6.72. The Morgan fingerprint density at radius 3 is 2.82 bits per heavy atom. The Morgan fingerprint density at radius 2 is 2.04 bits per heavy atom. The van der Waals surface area contributed by atoms with Crippen LogP contribution in [0.25, 0.3) is 10.9 Å². The minimum atomic E-state index is -3.05. The van der Waals surface area contributed by atoms with Gasteiger partial charge in [0.25, 0.3) is 5.91 Å². The molecule has 1 fully saturated rings. The zero-order valence-corrected chi connectivity index (χ0v) is 16.2. The number of rotatable bonds is 4. The molecule has 28 heavy (non-hydrogen) atoms. The molecule has 1 unspecified atom stereocenters. The number of fused-ring (bicyclic) bond motifs is 1. The van der Waals surface area contributed by atoms with Crippen molar-refractivity contribution in [3.8, 4) is 0 Å². The first-order valence-corrected chi connectivity index (χ1v) is 10.8. The summed E-state index contributed by atoms with van der Waals surface area (Å²) in [5, 5.41) is 4.28. The molecule has 1 aliphatic heterocycles. The number of aromatic nitrogens is 2. The van der Waals surface area contributed by atoms with Crippen molar-refractivity contribution in [2.45, 2.75) is 12.5 Å². The van der Waals surface area contributed by atoms with Crippen molar-refractivity contribution < 1.29 is 13.2 Å². The number of anilines is 2. The lowest BCUT2D eigenvalue weighted by atomic mass is 10.1. The molecule has 0 saturated carbocycles. The van der Waals surface area contributed by atoms with Gasteiger partial charge in [0.1, 0.15) is 0 Å². The van der Waals surface area contributed by atoms with Gasteiger partial charge in [0, 0.05) is 30.9 Å². The number of benzene rings is 1. The van der Waals surface area contributed by atoms with Crippen LogP contribution in [-0.2, 0) is 9.84 Å². The highest BCUT2D eigenvalue weighted by atomic mass is 32.2. The predicted octanol–water partition coefficient (Wildman–Crippen LogP) is 2.63. The first kappa shape index (κ1) is 18.4. The number of nitrogens with zero attached hydrogens (tertiary/aromatic N) is 3. The van der Waals surface area contributed by atoms with E-state index in [-0.39, 0.29) is 23.5 Å². The van der Waals surface area contributed by atoms with Crippen molar-refractivity contribution >= 4 is 38.0 Å². The van der Waals surface area contributed by atoms with Crippen molar-refractivity contribution in [1.82, 2.24) is 14.9 Å². The molecule has 3 aromatic rings. The normalized spacial score (nSPS) is 18.1. The second-order valence-corrected chi connectivity index (χ2v) is 9.17. The van der Waals surface area contributed by atoms with Gasteiger partial charge >= 0.3 is 0 Å². The number of hydrogen-bond donors (Lipinski definition) is 1. The Hall–Kier alpha value is -3.00. The molecule has 0 radical (unpaired) electrons. The summed E-state index contributed by atoms with van der Waals surface area (Å²) in [6, 6.07) is 11.1. The zero-order chi connectivity index (χ0) is 19.7. The minimum absolute atomic E-state index is 0.0162.